The van der Waals surface area contributed by atoms with Crippen molar-refractivity contribution in [2.75, 3.05) is 19.7 Å². The summed E-state index contributed by atoms with van der Waals surface area (Å²) in [5, 5.41) is 3.27. The van der Waals surface area contributed by atoms with E-state index < -0.39 is 0 Å². The molecule has 0 radical (unpaired) electrons. The molecule has 0 bridgehead atoms. The Balaban J connectivity index is 2.03. The van der Waals surface area contributed by atoms with Crippen LogP contribution in [0, 0.1) is 5.92 Å². The molecule has 2 fully saturated rings. The minimum absolute atomic E-state index is 0.130. The molecule has 0 saturated carbocycles. The van der Waals surface area contributed by atoms with Crippen LogP contribution in [0.3, 0.4) is 0 Å². The van der Waals surface area contributed by atoms with Gasteiger partial charge in [-0.15, -0.1) is 0 Å². The number of hydrogen-bond acceptors (Lipinski definition) is 3. The molecule has 2 unspecified atom stereocenters. The number of carbonyl (C=O) groups is 1. The molecule has 2 atom stereocenters. The summed E-state index contributed by atoms with van der Waals surface area (Å²) in [6.45, 7) is 8.42. The molecule has 1 N–H and O–H groups in total. The van der Waals surface area contributed by atoms with Gasteiger partial charge in [0.25, 0.3) is 0 Å². The van der Waals surface area contributed by atoms with Crippen molar-refractivity contribution in [2.24, 2.45) is 5.92 Å². The van der Waals surface area contributed by atoms with E-state index in [0.29, 0.717) is 12.5 Å². The molecule has 4 heteroatoms. The molecule has 0 aromatic heterocycles. The standard InChI is InChI=1S/C12H22N2O2/c1-9(2)11-13-7-10(15)14(11)8-12(3)5-4-6-16-12/h9,11,13H,4-8H2,1-3H3. The number of rotatable bonds is 3. The Morgan fingerprint density at radius 1 is 1.62 bits per heavy atom. The Kier molecular flexibility index (Phi) is 3.22. The van der Waals surface area contributed by atoms with Crippen LogP contribution in [-0.2, 0) is 9.53 Å². The smallest absolute Gasteiger partial charge is 0.237 e. The molecule has 0 aromatic rings. The number of hydrogen-bond donors (Lipinski definition) is 1. The van der Waals surface area contributed by atoms with Gasteiger partial charge in [-0.2, -0.15) is 0 Å². The third-order valence-electron chi connectivity index (χ3n) is 3.56. The van der Waals surface area contributed by atoms with Crippen LogP contribution in [0.25, 0.3) is 0 Å². The molecule has 2 rings (SSSR count). The van der Waals surface area contributed by atoms with Crippen LogP contribution in [0.4, 0.5) is 0 Å². The monoisotopic (exact) mass is 226 g/mol. The lowest BCUT2D eigenvalue weighted by molar-refractivity contribution is -0.132. The predicted octanol–water partition coefficient (Wildman–Crippen LogP) is 0.969. The van der Waals surface area contributed by atoms with E-state index in [0.717, 1.165) is 26.0 Å². The van der Waals surface area contributed by atoms with Crippen LogP contribution in [0.2, 0.25) is 0 Å². The Hall–Kier alpha value is -0.610. The Bertz CT molecular complexity index is 272. The van der Waals surface area contributed by atoms with Crippen molar-refractivity contribution in [3.05, 3.63) is 0 Å². The maximum atomic E-state index is 11.8. The van der Waals surface area contributed by atoms with Gasteiger partial charge >= 0.3 is 0 Å². The van der Waals surface area contributed by atoms with E-state index in [9.17, 15) is 4.79 Å². The lowest BCUT2D eigenvalue weighted by atomic mass is 10.0. The molecule has 4 nitrogen and oxygen atoms in total. The number of ether oxygens (including phenoxy) is 1. The van der Waals surface area contributed by atoms with Gasteiger partial charge in [0.15, 0.2) is 0 Å². The first-order chi connectivity index (χ1) is 7.52. The van der Waals surface area contributed by atoms with Crippen molar-refractivity contribution in [3.8, 4) is 0 Å². The number of nitrogens with zero attached hydrogens (tertiary/aromatic N) is 1. The van der Waals surface area contributed by atoms with Crippen LogP contribution < -0.4 is 5.32 Å². The highest BCUT2D eigenvalue weighted by Crippen LogP contribution is 2.28. The van der Waals surface area contributed by atoms with Crippen LogP contribution in [0.1, 0.15) is 33.6 Å². The third kappa shape index (κ3) is 2.23. The largest absolute Gasteiger partial charge is 0.373 e. The second-order valence-electron chi connectivity index (χ2n) is 5.49. The molecule has 92 valence electrons. The van der Waals surface area contributed by atoms with Gasteiger partial charge in [0.2, 0.25) is 5.91 Å². The Labute approximate surface area is 97.3 Å². The van der Waals surface area contributed by atoms with Crippen LogP contribution in [0.15, 0.2) is 0 Å². The van der Waals surface area contributed by atoms with E-state index in [1.807, 2.05) is 4.90 Å². The summed E-state index contributed by atoms with van der Waals surface area (Å²) in [7, 11) is 0. The summed E-state index contributed by atoms with van der Waals surface area (Å²) in [5.41, 5.74) is -0.130. The molecule has 16 heavy (non-hydrogen) atoms. The summed E-state index contributed by atoms with van der Waals surface area (Å²) in [6, 6.07) is 0. The minimum atomic E-state index is -0.130. The zero-order valence-electron chi connectivity index (χ0n) is 10.5. The summed E-state index contributed by atoms with van der Waals surface area (Å²) < 4.78 is 5.76. The normalized spacial score (nSPS) is 35.4. The molecule has 0 spiro atoms. The van der Waals surface area contributed by atoms with Gasteiger partial charge in [0, 0.05) is 6.61 Å². The quantitative estimate of drug-likeness (QED) is 0.779. The van der Waals surface area contributed by atoms with Gasteiger partial charge in [0.05, 0.1) is 24.9 Å². The van der Waals surface area contributed by atoms with Gasteiger partial charge in [-0.05, 0) is 25.7 Å². The van der Waals surface area contributed by atoms with Gasteiger partial charge in [-0.1, -0.05) is 13.8 Å². The summed E-state index contributed by atoms with van der Waals surface area (Å²) in [5.74, 6) is 0.645. The maximum Gasteiger partial charge on any atom is 0.237 e. The SMILES string of the molecule is CC(C)C1NCC(=O)N1CC1(C)CCCO1. The molecule has 1 amide bonds. The van der Waals surface area contributed by atoms with E-state index in [1.54, 1.807) is 0 Å². The number of nitrogens with one attached hydrogen (secondary N) is 1. The van der Waals surface area contributed by atoms with Crippen LogP contribution >= 0.6 is 0 Å². The van der Waals surface area contributed by atoms with Gasteiger partial charge in [-0.25, -0.2) is 0 Å². The highest BCUT2D eigenvalue weighted by molar-refractivity contribution is 5.80. The topological polar surface area (TPSA) is 41.6 Å². The molecule has 0 aromatic carbocycles. The van der Waals surface area contributed by atoms with Crippen molar-refractivity contribution >= 4 is 5.91 Å². The molecule has 2 aliphatic rings. The second kappa shape index (κ2) is 4.34. The Morgan fingerprint density at radius 3 is 2.94 bits per heavy atom. The van der Waals surface area contributed by atoms with E-state index >= 15 is 0 Å². The van der Waals surface area contributed by atoms with Crippen molar-refractivity contribution in [3.63, 3.8) is 0 Å². The highest BCUT2D eigenvalue weighted by atomic mass is 16.5. The van der Waals surface area contributed by atoms with E-state index in [4.69, 9.17) is 4.74 Å². The summed E-state index contributed by atoms with van der Waals surface area (Å²) in [4.78, 5) is 13.8. The summed E-state index contributed by atoms with van der Waals surface area (Å²) >= 11 is 0. The van der Waals surface area contributed by atoms with Crippen molar-refractivity contribution in [1.82, 2.24) is 10.2 Å². The average molecular weight is 226 g/mol. The predicted molar refractivity (Wildman–Crippen MR) is 61.9 cm³/mol. The summed E-state index contributed by atoms with van der Waals surface area (Å²) in [6.07, 6.45) is 2.34. The third-order valence-corrected chi connectivity index (χ3v) is 3.56. The van der Waals surface area contributed by atoms with E-state index in [1.165, 1.54) is 0 Å². The molecular formula is C12H22N2O2. The fraction of sp³-hybridized carbons (Fsp3) is 0.917. The molecule has 2 heterocycles. The molecular weight excluding hydrogens is 204 g/mol. The number of carbonyl (C=O) groups excluding carboxylic acids is 1. The van der Waals surface area contributed by atoms with E-state index in [2.05, 4.69) is 26.1 Å². The first kappa shape index (κ1) is 11.9. The fourth-order valence-electron chi connectivity index (χ4n) is 2.66. The molecule has 2 aliphatic heterocycles. The first-order valence-corrected chi connectivity index (χ1v) is 6.19. The zero-order chi connectivity index (χ0) is 11.8. The van der Waals surface area contributed by atoms with Crippen LogP contribution in [-0.4, -0.2) is 42.3 Å². The van der Waals surface area contributed by atoms with Gasteiger partial charge in [-0.3, -0.25) is 10.1 Å². The van der Waals surface area contributed by atoms with Gasteiger partial charge < -0.3 is 9.64 Å². The lowest BCUT2D eigenvalue weighted by Crippen LogP contribution is -2.48. The lowest BCUT2D eigenvalue weighted by Gasteiger charge is -2.34. The second-order valence-corrected chi connectivity index (χ2v) is 5.49. The van der Waals surface area contributed by atoms with E-state index in [-0.39, 0.29) is 17.7 Å². The van der Waals surface area contributed by atoms with Crippen molar-refractivity contribution < 1.29 is 9.53 Å². The maximum absolute atomic E-state index is 11.8. The number of amides is 1. The Morgan fingerprint density at radius 2 is 2.38 bits per heavy atom. The minimum Gasteiger partial charge on any atom is -0.373 e. The van der Waals surface area contributed by atoms with Crippen molar-refractivity contribution in [2.45, 2.75) is 45.4 Å². The highest BCUT2D eigenvalue weighted by Gasteiger charge is 2.39. The van der Waals surface area contributed by atoms with Crippen LogP contribution in [0.5, 0.6) is 0 Å². The first-order valence-electron chi connectivity index (χ1n) is 6.19. The zero-order valence-corrected chi connectivity index (χ0v) is 10.5. The molecule has 2 saturated heterocycles. The fourth-order valence-corrected chi connectivity index (χ4v) is 2.66. The average Bonchev–Trinajstić information content (AvgIpc) is 2.76. The molecule has 0 aliphatic carbocycles. The van der Waals surface area contributed by atoms with Gasteiger partial charge in [0.1, 0.15) is 0 Å². The van der Waals surface area contributed by atoms with Crippen molar-refractivity contribution in [1.29, 1.82) is 0 Å².